The first-order chi connectivity index (χ1) is 11.5. The summed E-state index contributed by atoms with van der Waals surface area (Å²) in [5.74, 6) is 0.968. The Morgan fingerprint density at radius 3 is 3.00 bits per heavy atom. The first-order valence-corrected chi connectivity index (χ1v) is 7.94. The number of aliphatic hydroxyl groups excluding tert-OH is 1. The van der Waals surface area contributed by atoms with Crippen LogP contribution in [0.4, 0.5) is 11.8 Å². The van der Waals surface area contributed by atoms with Gasteiger partial charge in [0.2, 0.25) is 5.95 Å². The van der Waals surface area contributed by atoms with Gasteiger partial charge in [-0.25, -0.2) is 4.98 Å². The van der Waals surface area contributed by atoms with Gasteiger partial charge in [0.05, 0.1) is 12.3 Å². The van der Waals surface area contributed by atoms with Crippen LogP contribution in [0.2, 0.25) is 0 Å². The molecule has 0 aromatic carbocycles. The maximum absolute atomic E-state index is 9.85. The molecule has 1 aliphatic rings. The van der Waals surface area contributed by atoms with Crippen LogP contribution >= 0.6 is 0 Å². The van der Waals surface area contributed by atoms with Gasteiger partial charge in [0.25, 0.3) is 0 Å². The average Bonchev–Trinajstić information content (AvgIpc) is 3.08. The van der Waals surface area contributed by atoms with E-state index >= 15 is 0 Å². The van der Waals surface area contributed by atoms with Gasteiger partial charge in [-0.15, -0.1) is 0 Å². The van der Waals surface area contributed by atoms with Crippen molar-refractivity contribution in [1.82, 2.24) is 20.2 Å². The van der Waals surface area contributed by atoms with E-state index in [-0.39, 0.29) is 19.0 Å². The Morgan fingerprint density at radius 2 is 2.38 bits per heavy atom. The molecular formula is C16H23N7O. The van der Waals surface area contributed by atoms with E-state index in [1.165, 1.54) is 6.20 Å². The third-order valence-electron chi connectivity index (χ3n) is 4.67. The fourth-order valence-corrected chi connectivity index (χ4v) is 2.70. The van der Waals surface area contributed by atoms with Crippen LogP contribution in [0.3, 0.4) is 0 Å². The van der Waals surface area contributed by atoms with E-state index in [9.17, 15) is 10.4 Å². The number of aliphatic hydroxyl groups is 1. The summed E-state index contributed by atoms with van der Waals surface area (Å²) < 4.78 is 0. The number of hydrogen-bond donors (Lipinski definition) is 4. The molecule has 3 rings (SSSR count). The molecule has 0 aliphatic heterocycles. The van der Waals surface area contributed by atoms with Crippen LogP contribution in [-0.2, 0) is 6.42 Å². The standard InChI is InChI=1S/C16H21N7O.H2/c1-16(2)12(7-13(16)24)21-14-10(8-17)9-19-15(22-14)18-5-3-11-4-6-20-23-11;/h4,6,9,12-13,24H,3,5,7H2,1-2H3,(H,20,23)(H2,18,19,21,22);1H/t12-,13?;/m1./s1. The molecule has 1 fully saturated rings. The Kier molecular flexibility index (Phi) is 4.36. The maximum Gasteiger partial charge on any atom is 0.224 e. The van der Waals surface area contributed by atoms with E-state index < -0.39 is 0 Å². The van der Waals surface area contributed by atoms with Crippen molar-refractivity contribution in [3.05, 3.63) is 29.7 Å². The van der Waals surface area contributed by atoms with Crippen LogP contribution < -0.4 is 10.6 Å². The normalized spacial score (nSPS) is 21.6. The Balaban J connectivity index is 0.00000225. The summed E-state index contributed by atoms with van der Waals surface area (Å²) >= 11 is 0. The van der Waals surface area contributed by atoms with Crippen molar-refractivity contribution in [3.63, 3.8) is 0 Å². The molecule has 128 valence electrons. The first-order valence-electron chi connectivity index (χ1n) is 7.94. The monoisotopic (exact) mass is 329 g/mol. The molecule has 1 saturated carbocycles. The molecular weight excluding hydrogens is 306 g/mol. The summed E-state index contributed by atoms with van der Waals surface area (Å²) in [7, 11) is 0. The zero-order chi connectivity index (χ0) is 17.2. The predicted octanol–water partition coefficient (Wildman–Crippen LogP) is 1.54. The van der Waals surface area contributed by atoms with Crippen LogP contribution in [-0.4, -0.2) is 44.0 Å². The number of H-pyrrole nitrogens is 1. The molecule has 0 radical (unpaired) electrons. The van der Waals surface area contributed by atoms with Crippen molar-refractivity contribution in [2.24, 2.45) is 5.41 Å². The lowest BCUT2D eigenvalue weighted by Gasteiger charge is -2.49. The summed E-state index contributed by atoms with van der Waals surface area (Å²) in [6.07, 6.45) is 4.30. The number of nitrogens with zero attached hydrogens (tertiary/aromatic N) is 4. The van der Waals surface area contributed by atoms with Gasteiger partial charge >= 0.3 is 0 Å². The topological polar surface area (TPSA) is 123 Å². The van der Waals surface area contributed by atoms with Crippen LogP contribution in [0.15, 0.2) is 18.5 Å². The zero-order valence-electron chi connectivity index (χ0n) is 13.7. The number of aromatic amines is 1. The lowest BCUT2D eigenvalue weighted by molar-refractivity contribution is -0.0511. The minimum Gasteiger partial charge on any atom is -0.392 e. The maximum atomic E-state index is 9.85. The van der Waals surface area contributed by atoms with Gasteiger partial charge in [0.1, 0.15) is 17.5 Å². The SMILES string of the molecule is CC1(C)C(O)C[C@H]1Nc1nc(NCCc2ccn[nH]2)ncc1C#N.[HH]. The third kappa shape index (κ3) is 3.16. The second-order valence-corrected chi connectivity index (χ2v) is 6.60. The highest BCUT2D eigenvalue weighted by molar-refractivity contribution is 5.54. The molecule has 4 N–H and O–H groups in total. The summed E-state index contributed by atoms with van der Waals surface area (Å²) in [5.41, 5.74) is 1.18. The van der Waals surface area contributed by atoms with E-state index in [0.29, 0.717) is 30.3 Å². The van der Waals surface area contributed by atoms with Gasteiger partial charge < -0.3 is 15.7 Å². The van der Waals surface area contributed by atoms with Crippen LogP contribution in [0.5, 0.6) is 0 Å². The Morgan fingerprint density at radius 1 is 1.54 bits per heavy atom. The molecule has 0 bridgehead atoms. The minimum absolute atomic E-state index is 0. The summed E-state index contributed by atoms with van der Waals surface area (Å²) in [6.45, 7) is 4.65. The number of nitriles is 1. The van der Waals surface area contributed by atoms with E-state index in [4.69, 9.17) is 0 Å². The molecule has 8 heteroatoms. The molecule has 0 amide bonds. The van der Waals surface area contributed by atoms with Gasteiger partial charge in [0, 0.05) is 37.7 Å². The molecule has 1 aliphatic carbocycles. The quantitative estimate of drug-likeness (QED) is 0.634. The molecule has 24 heavy (non-hydrogen) atoms. The highest BCUT2D eigenvalue weighted by atomic mass is 16.3. The minimum atomic E-state index is -0.339. The molecule has 2 atom stereocenters. The first kappa shape index (κ1) is 16.2. The lowest BCUT2D eigenvalue weighted by Crippen LogP contribution is -2.57. The van der Waals surface area contributed by atoms with Gasteiger partial charge in [-0.3, -0.25) is 5.10 Å². The van der Waals surface area contributed by atoms with Gasteiger partial charge in [-0.2, -0.15) is 15.3 Å². The van der Waals surface area contributed by atoms with Crippen molar-refractivity contribution >= 4 is 11.8 Å². The molecule has 0 spiro atoms. The smallest absolute Gasteiger partial charge is 0.224 e. The number of hydrogen-bond acceptors (Lipinski definition) is 7. The fourth-order valence-electron chi connectivity index (χ4n) is 2.70. The lowest BCUT2D eigenvalue weighted by atomic mass is 9.64. The highest BCUT2D eigenvalue weighted by Crippen LogP contribution is 2.42. The van der Waals surface area contributed by atoms with E-state index in [1.54, 1.807) is 6.20 Å². The largest absolute Gasteiger partial charge is 0.392 e. The number of anilines is 2. The molecule has 0 saturated heterocycles. The van der Waals surface area contributed by atoms with E-state index in [1.807, 2.05) is 19.9 Å². The summed E-state index contributed by atoms with van der Waals surface area (Å²) in [4.78, 5) is 8.58. The Hall–Kier alpha value is -2.66. The van der Waals surface area contributed by atoms with Crippen molar-refractivity contribution in [2.45, 2.75) is 38.8 Å². The second-order valence-electron chi connectivity index (χ2n) is 6.60. The van der Waals surface area contributed by atoms with Gasteiger partial charge in [0.15, 0.2) is 0 Å². The molecule has 2 aromatic heterocycles. The molecule has 2 heterocycles. The Bertz CT molecular complexity index is 741. The molecule has 8 nitrogen and oxygen atoms in total. The van der Waals surface area contributed by atoms with E-state index in [2.05, 4.69) is 36.9 Å². The zero-order valence-corrected chi connectivity index (χ0v) is 13.7. The van der Waals surface area contributed by atoms with Crippen LogP contribution in [0.25, 0.3) is 0 Å². The van der Waals surface area contributed by atoms with Crippen LogP contribution in [0.1, 0.15) is 33.0 Å². The Labute approximate surface area is 141 Å². The number of rotatable bonds is 6. The summed E-state index contributed by atoms with van der Waals surface area (Å²) in [6, 6.07) is 4.09. The highest BCUT2D eigenvalue weighted by Gasteiger charge is 2.47. The third-order valence-corrected chi connectivity index (χ3v) is 4.67. The van der Waals surface area contributed by atoms with Gasteiger partial charge in [-0.1, -0.05) is 13.8 Å². The molecule has 1 unspecified atom stereocenters. The van der Waals surface area contributed by atoms with E-state index in [0.717, 1.165) is 12.1 Å². The van der Waals surface area contributed by atoms with Crippen molar-refractivity contribution < 1.29 is 6.53 Å². The van der Waals surface area contributed by atoms with Gasteiger partial charge in [-0.05, 0) is 12.5 Å². The van der Waals surface area contributed by atoms with Crippen LogP contribution in [0, 0.1) is 16.7 Å². The summed E-state index contributed by atoms with van der Waals surface area (Å²) in [5, 5.41) is 32.3. The number of nitrogens with one attached hydrogen (secondary N) is 3. The van der Waals surface area contributed by atoms with Crippen molar-refractivity contribution in [1.29, 1.82) is 5.26 Å². The fraction of sp³-hybridized carbons (Fsp3) is 0.500. The second kappa shape index (κ2) is 6.45. The predicted molar refractivity (Wildman–Crippen MR) is 91.5 cm³/mol. The average molecular weight is 329 g/mol. The number of aromatic nitrogens is 4. The van der Waals surface area contributed by atoms with Crippen molar-refractivity contribution in [2.75, 3.05) is 17.2 Å². The molecule has 2 aromatic rings. The van der Waals surface area contributed by atoms with Crippen molar-refractivity contribution in [3.8, 4) is 6.07 Å².